The van der Waals surface area contributed by atoms with Gasteiger partial charge < -0.3 is 9.84 Å². The number of ether oxygens (including phenoxy) is 1. The predicted octanol–water partition coefficient (Wildman–Crippen LogP) is 3.20. The fourth-order valence-corrected chi connectivity index (χ4v) is 1.36. The number of para-hydroxylation sites is 2. The van der Waals surface area contributed by atoms with Crippen molar-refractivity contribution in [3.8, 4) is 23.3 Å². The molecule has 0 bridgehead atoms. The van der Waals surface area contributed by atoms with Crippen LogP contribution in [0.25, 0.3) is 0 Å². The van der Waals surface area contributed by atoms with E-state index in [1.54, 1.807) is 18.2 Å². The largest absolute Gasteiger partial charge is 0.504 e. The third-order valence-electron chi connectivity index (χ3n) is 2.17. The molecule has 0 aliphatic heterocycles. The quantitative estimate of drug-likeness (QED) is 0.860. The number of phenols is 1. The Hall–Kier alpha value is -2.54. The maximum Gasteiger partial charge on any atom is 0.169 e. The Morgan fingerprint density at radius 3 is 2.47 bits per heavy atom. The van der Waals surface area contributed by atoms with Crippen LogP contribution < -0.4 is 4.74 Å². The van der Waals surface area contributed by atoms with Crippen LogP contribution in [0.2, 0.25) is 0 Å². The van der Waals surface area contributed by atoms with Crippen LogP contribution in [0.5, 0.6) is 17.2 Å². The molecule has 2 aromatic rings. The topological polar surface area (TPSA) is 53.2 Å². The first kappa shape index (κ1) is 11.0. The number of rotatable bonds is 2. The molecule has 0 saturated carbocycles. The number of nitriles is 1. The summed E-state index contributed by atoms with van der Waals surface area (Å²) < 4.78 is 18.6. The van der Waals surface area contributed by atoms with Gasteiger partial charge in [-0.25, -0.2) is 4.39 Å². The first-order chi connectivity index (χ1) is 8.22. The summed E-state index contributed by atoms with van der Waals surface area (Å²) in [5.74, 6) is -0.468. The van der Waals surface area contributed by atoms with Gasteiger partial charge in [0.25, 0.3) is 0 Å². The van der Waals surface area contributed by atoms with Gasteiger partial charge in [-0.1, -0.05) is 18.2 Å². The lowest BCUT2D eigenvalue weighted by Gasteiger charge is -2.08. The molecule has 0 aliphatic carbocycles. The van der Waals surface area contributed by atoms with Crippen LogP contribution in [0.1, 0.15) is 5.56 Å². The van der Waals surface area contributed by atoms with Crippen molar-refractivity contribution in [2.75, 3.05) is 0 Å². The van der Waals surface area contributed by atoms with Crippen LogP contribution in [-0.2, 0) is 0 Å². The van der Waals surface area contributed by atoms with E-state index < -0.39 is 5.82 Å². The second-order valence-corrected chi connectivity index (χ2v) is 3.29. The zero-order valence-electron chi connectivity index (χ0n) is 8.72. The maximum absolute atomic E-state index is 13.3. The minimum atomic E-state index is -0.652. The Morgan fingerprint density at radius 2 is 1.76 bits per heavy atom. The predicted molar refractivity (Wildman–Crippen MR) is 59.3 cm³/mol. The lowest BCUT2D eigenvalue weighted by molar-refractivity contribution is 0.409. The fourth-order valence-electron chi connectivity index (χ4n) is 1.36. The summed E-state index contributed by atoms with van der Waals surface area (Å²) in [4.78, 5) is 0. The van der Waals surface area contributed by atoms with Crippen molar-refractivity contribution in [2.45, 2.75) is 0 Å². The second kappa shape index (κ2) is 4.54. The molecule has 1 N–H and O–H groups in total. The van der Waals surface area contributed by atoms with Gasteiger partial charge in [-0.3, -0.25) is 0 Å². The monoisotopic (exact) mass is 229 g/mol. The fraction of sp³-hybridized carbons (Fsp3) is 0. The van der Waals surface area contributed by atoms with E-state index in [1.807, 2.05) is 0 Å². The highest BCUT2D eigenvalue weighted by atomic mass is 19.1. The van der Waals surface area contributed by atoms with E-state index >= 15 is 0 Å². The number of aromatic hydroxyl groups is 1. The number of halogens is 1. The van der Waals surface area contributed by atoms with Crippen LogP contribution in [-0.4, -0.2) is 5.11 Å². The zero-order valence-corrected chi connectivity index (χ0v) is 8.72. The zero-order chi connectivity index (χ0) is 12.3. The summed E-state index contributed by atoms with van der Waals surface area (Å²) in [7, 11) is 0. The molecule has 0 spiro atoms. The van der Waals surface area contributed by atoms with Crippen molar-refractivity contribution >= 4 is 0 Å². The third kappa shape index (κ3) is 2.18. The highest BCUT2D eigenvalue weighted by Crippen LogP contribution is 2.32. The van der Waals surface area contributed by atoms with E-state index in [4.69, 9.17) is 10.00 Å². The Bertz CT molecular complexity index is 590. The molecule has 0 amide bonds. The molecular formula is C13H8FNO2. The molecule has 0 atom stereocenters. The molecule has 0 aromatic heterocycles. The van der Waals surface area contributed by atoms with Gasteiger partial charge in [0.1, 0.15) is 23.2 Å². The minimum absolute atomic E-state index is 0.0688. The van der Waals surface area contributed by atoms with Gasteiger partial charge in [-0.05, 0) is 24.3 Å². The minimum Gasteiger partial charge on any atom is -0.504 e. The van der Waals surface area contributed by atoms with Crippen molar-refractivity contribution in [2.24, 2.45) is 0 Å². The average molecular weight is 229 g/mol. The average Bonchev–Trinajstić information content (AvgIpc) is 2.32. The number of benzene rings is 2. The van der Waals surface area contributed by atoms with E-state index in [-0.39, 0.29) is 22.8 Å². The first-order valence-corrected chi connectivity index (χ1v) is 4.87. The van der Waals surface area contributed by atoms with Crippen molar-refractivity contribution in [3.05, 3.63) is 53.8 Å². The van der Waals surface area contributed by atoms with Gasteiger partial charge in [0.15, 0.2) is 11.5 Å². The molecule has 4 heteroatoms. The molecule has 2 aromatic carbocycles. The molecule has 17 heavy (non-hydrogen) atoms. The van der Waals surface area contributed by atoms with Gasteiger partial charge in [0.05, 0.1) is 0 Å². The van der Waals surface area contributed by atoms with Crippen LogP contribution in [0, 0.1) is 17.1 Å². The van der Waals surface area contributed by atoms with Gasteiger partial charge in [-0.15, -0.1) is 0 Å². The number of nitrogens with zero attached hydrogens (tertiary/aromatic N) is 1. The van der Waals surface area contributed by atoms with Crippen LogP contribution in [0.15, 0.2) is 42.5 Å². The number of hydrogen-bond donors (Lipinski definition) is 1. The van der Waals surface area contributed by atoms with E-state index in [1.165, 1.54) is 30.3 Å². The third-order valence-corrected chi connectivity index (χ3v) is 2.17. The lowest BCUT2D eigenvalue weighted by atomic mass is 10.2. The smallest absolute Gasteiger partial charge is 0.169 e. The second-order valence-electron chi connectivity index (χ2n) is 3.29. The Labute approximate surface area is 97.3 Å². The van der Waals surface area contributed by atoms with Gasteiger partial charge in [0, 0.05) is 0 Å². The van der Waals surface area contributed by atoms with E-state index in [9.17, 15) is 9.50 Å². The summed E-state index contributed by atoms with van der Waals surface area (Å²) in [5.41, 5.74) is -0.184. The van der Waals surface area contributed by atoms with Gasteiger partial charge >= 0.3 is 0 Å². The highest BCUT2D eigenvalue weighted by Gasteiger charge is 2.11. The van der Waals surface area contributed by atoms with E-state index in [0.717, 1.165) is 0 Å². The summed E-state index contributed by atoms with van der Waals surface area (Å²) >= 11 is 0. The lowest BCUT2D eigenvalue weighted by Crippen LogP contribution is -1.91. The normalized spacial score (nSPS) is 9.65. The Balaban J connectivity index is 2.41. The van der Waals surface area contributed by atoms with E-state index in [0.29, 0.717) is 0 Å². The molecule has 0 aliphatic rings. The molecule has 0 radical (unpaired) electrons. The maximum atomic E-state index is 13.3. The van der Waals surface area contributed by atoms with Crippen LogP contribution >= 0.6 is 0 Å². The molecule has 0 saturated heterocycles. The summed E-state index contributed by atoms with van der Waals surface area (Å²) in [6.45, 7) is 0. The Kier molecular flexibility index (Phi) is 2.93. The highest BCUT2D eigenvalue weighted by molar-refractivity contribution is 5.48. The number of hydrogen-bond acceptors (Lipinski definition) is 3. The van der Waals surface area contributed by atoms with Crippen molar-refractivity contribution < 1.29 is 14.2 Å². The summed E-state index contributed by atoms with van der Waals surface area (Å²) in [6, 6.07) is 12.1. The van der Waals surface area contributed by atoms with Crippen molar-refractivity contribution in [1.29, 1.82) is 5.26 Å². The van der Waals surface area contributed by atoms with Gasteiger partial charge in [-0.2, -0.15) is 5.26 Å². The van der Waals surface area contributed by atoms with Crippen LogP contribution in [0.3, 0.4) is 0 Å². The van der Waals surface area contributed by atoms with Crippen molar-refractivity contribution in [1.82, 2.24) is 0 Å². The summed E-state index contributed by atoms with van der Waals surface area (Å²) in [6.07, 6.45) is 0. The number of phenolic OH excluding ortho intramolecular Hbond substituents is 1. The van der Waals surface area contributed by atoms with Gasteiger partial charge in [0.2, 0.25) is 0 Å². The van der Waals surface area contributed by atoms with E-state index in [2.05, 4.69) is 0 Å². The standard InChI is InChI=1S/C13H8FNO2/c14-10-4-3-7-12(9(10)8-15)17-13-6-2-1-5-11(13)16/h1-7,16H. The molecular weight excluding hydrogens is 221 g/mol. The SMILES string of the molecule is N#Cc1c(F)cccc1Oc1ccccc1O. The summed E-state index contributed by atoms with van der Waals surface area (Å²) in [5, 5.41) is 18.3. The molecule has 2 rings (SSSR count). The molecule has 0 unspecified atom stereocenters. The first-order valence-electron chi connectivity index (χ1n) is 4.87. The molecule has 3 nitrogen and oxygen atoms in total. The molecule has 0 fully saturated rings. The van der Waals surface area contributed by atoms with Crippen molar-refractivity contribution in [3.63, 3.8) is 0 Å². The Morgan fingerprint density at radius 1 is 1.06 bits per heavy atom. The molecule has 0 heterocycles. The molecule has 84 valence electrons. The van der Waals surface area contributed by atoms with Crippen LogP contribution in [0.4, 0.5) is 4.39 Å².